The van der Waals surface area contributed by atoms with Gasteiger partial charge in [-0.05, 0) is 0 Å². The third-order valence-corrected chi connectivity index (χ3v) is 2.73. The molecule has 80 valence electrons. The summed E-state index contributed by atoms with van der Waals surface area (Å²) < 4.78 is 12.7. The zero-order chi connectivity index (χ0) is 10.4. The Bertz CT molecular complexity index is 444. The molecule has 1 N–H and O–H groups in total. The second-order valence-electron chi connectivity index (χ2n) is 3.66. The Kier molecular flexibility index (Phi) is 1.80. The number of hydrogen-bond acceptors (Lipinski definition) is 5. The second-order valence-corrected chi connectivity index (χ2v) is 3.66. The molecule has 0 spiro atoms. The molecule has 3 heterocycles. The molecule has 15 heavy (non-hydrogen) atoms. The van der Waals surface area contributed by atoms with Crippen LogP contribution >= 0.6 is 0 Å². The summed E-state index contributed by atoms with van der Waals surface area (Å²) >= 11 is 0. The number of ether oxygens (including phenoxy) is 2. The topological polar surface area (TPSA) is 73.6 Å². The van der Waals surface area contributed by atoms with Crippen LogP contribution in [0.3, 0.4) is 0 Å². The Hall–Kier alpha value is -1.40. The minimum absolute atomic E-state index is 0.0834. The van der Waals surface area contributed by atoms with Crippen LogP contribution in [0.15, 0.2) is 17.1 Å². The largest absolute Gasteiger partial charge is 0.458 e. The quantitative estimate of drug-likeness (QED) is 0.662. The highest BCUT2D eigenvalue weighted by Crippen LogP contribution is 2.37. The Morgan fingerprint density at radius 3 is 3.33 bits per heavy atom. The van der Waals surface area contributed by atoms with E-state index in [0.717, 1.165) is 0 Å². The number of aliphatic hydroxyl groups is 1. The molecule has 1 saturated heterocycles. The first kappa shape index (κ1) is 8.87. The molecule has 2 aliphatic heterocycles. The Balaban J connectivity index is 2.03. The molecule has 6 heteroatoms. The first-order valence-corrected chi connectivity index (χ1v) is 4.80. The van der Waals surface area contributed by atoms with Gasteiger partial charge in [-0.1, -0.05) is 0 Å². The van der Waals surface area contributed by atoms with Gasteiger partial charge in [0.1, 0.15) is 18.4 Å². The molecule has 3 atom stereocenters. The van der Waals surface area contributed by atoms with E-state index in [0.29, 0.717) is 6.42 Å². The first-order chi connectivity index (χ1) is 7.28. The average molecular weight is 210 g/mol. The predicted molar refractivity (Wildman–Crippen MR) is 48.5 cm³/mol. The zero-order valence-electron chi connectivity index (χ0n) is 7.87. The lowest BCUT2D eigenvalue weighted by Crippen LogP contribution is -2.32. The Morgan fingerprint density at radius 1 is 1.67 bits per heavy atom. The summed E-state index contributed by atoms with van der Waals surface area (Å²) in [6.45, 7) is -0.0834. The number of aliphatic hydroxyl groups excluding tert-OH is 1. The highest BCUT2D eigenvalue weighted by Gasteiger charge is 2.42. The molecular formula is C9H10N2O4. The molecule has 0 amide bonds. The fraction of sp³-hybridized carbons (Fsp3) is 0.556. The number of nitrogens with zero attached hydrogens (tertiary/aromatic N) is 2. The smallest absolute Gasteiger partial charge is 0.302 e. The maximum Gasteiger partial charge on any atom is 0.302 e. The molecule has 1 aromatic heterocycles. The van der Waals surface area contributed by atoms with Gasteiger partial charge in [0, 0.05) is 18.7 Å². The SMILES string of the molecule is O=c1ccn2c(n1)OC1C[C@H]2O[C@@H]1CO. The normalized spacial score (nSPS) is 32.2. The highest BCUT2D eigenvalue weighted by atomic mass is 16.6. The minimum atomic E-state index is -0.330. The van der Waals surface area contributed by atoms with Gasteiger partial charge in [0.25, 0.3) is 5.56 Å². The molecule has 2 bridgehead atoms. The molecule has 0 aliphatic carbocycles. The maximum absolute atomic E-state index is 11.0. The molecule has 1 aromatic rings. The summed E-state index contributed by atoms with van der Waals surface area (Å²) in [6.07, 6.45) is 1.58. The van der Waals surface area contributed by atoms with E-state index in [1.807, 2.05) is 0 Å². The maximum atomic E-state index is 11.0. The monoisotopic (exact) mass is 210 g/mol. The average Bonchev–Trinajstić information content (AvgIpc) is 2.56. The van der Waals surface area contributed by atoms with Crippen molar-refractivity contribution in [1.29, 1.82) is 0 Å². The summed E-state index contributed by atoms with van der Waals surface area (Å²) in [5.74, 6) is 0. The van der Waals surface area contributed by atoms with Crippen molar-refractivity contribution < 1.29 is 14.6 Å². The van der Waals surface area contributed by atoms with Crippen LogP contribution in [0.5, 0.6) is 6.01 Å². The van der Waals surface area contributed by atoms with Crippen LogP contribution in [-0.2, 0) is 4.74 Å². The molecule has 6 nitrogen and oxygen atoms in total. The third-order valence-electron chi connectivity index (χ3n) is 2.73. The summed E-state index contributed by atoms with van der Waals surface area (Å²) in [5, 5.41) is 9.05. The lowest BCUT2D eigenvalue weighted by Gasteiger charge is -2.22. The number of rotatable bonds is 1. The van der Waals surface area contributed by atoms with E-state index in [2.05, 4.69) is 4.98 Å². The predicted octanol–water partition coefficient (Wildman–Crippen LogP) is -0.716. The first-order valence-electron chi connectivity index (χ1n) is 4.80. The Labute approximate surface area is 85.1 Å². The number of hydrogen-bond donors (Lipinski definition) is 1. The molecule has 1 fully saturated rings. The standard InChI is InChI=1S/C9H10N2O4/c12-4-6-5-3-8(14-6)11-2-1-7(13)10-9(11)15-5/h1-2,5-6,8,12H,3-4H2/t5?,6-,8-/m1/s1. The van der Waals surface area contributed by atoms with Crippen molar-refractivity contribution in [3.05, 3.63) is 22.6 Å². The van der Waals surface area contributed by atoms with Gasteiger partial charge < -0.3 is 14.6 Å². The Morgan fingerprint density at radius 2 is 2.53 bits per heavy atom. The molecule has 1 unspecified atom stereocenters. The van der Waals surface area contributed by atoms with E-state index in [1.54, 1.807) is 10.8 Å². The van der Waals surface area contributed by atoms with E-state index in [1.165, 1.54) is 6.07 Å². The van der Waals surface area contributed by atoms with Crippen molar-refractivity contribution >= 4 is 0 Å². The van der Waals surface area contributed by atoms with Gasteiger partial charge >= 0.3 is 6.01 Å². The summed E-state index contributed by atoms with van der Waals surface area (Å²) in [4.78, 5) is 14.8. The van der Waals surface area contributed by atoms with Gasteiger partial charge in [-0.15, -0.1) is 0 Å². The summed E-state index contributed by atoms with van der Waals surface area (Å²) in [7, 11) is 0. The van der Waals surface area contributed by atoms with Gasteiger partial charge in [-0.3, -0.25) is 9.36 Å². The van der Waals surface area contributed by atoms with Crippen molar-refractivity contribution in [3.63, 3.8) is 0 Å². The van der Waals surface area contributed by atoms with Crippen molar-refractivity contribution in [1.82, 2.24) is 9.55 Å². The summed E-state index contributed by atoms with van der Waals surface area (Å²) in [6, 6.07) is 1.64. The van der Waals surface area contributed by atoms with Crippen molar-refractivity contribution in [2.24, 2.45) is 0 Å². The molecule has 0 aromatic carbocycles. The van der Waals surface area contributed by atoms with E-state index >= 15 is 0 Å². The van der Waals surface area contributed by atoms with E-state index in [4.69, 9.17) is 14.6 Å². The van der Waals surface area contributed by atoms with Crippen LogP contribution in [-0.4, -0.2) is 33.5 Å². The van der Waals surface area contributed by atoms with Gasteiger partial charge in [-0.25, -0.2) is 0 Å². The minimum Gasteiger partial charge on any atom is -0.458 e. The highest BCUT2D eigenvalue weighted by molar-refractivity contribution is 5.07. The number of fused-ring (bicyclic) bond motifs is 4. The van der Waals surface area contributed by atoms with Gasteiger partial charge in [0.15, 0.2) is 0 Å². The van der Waals surface area contributed by atoms with Gasteiger partial charge in [0.05, 0.1) is 6.61 Å². The van der Waals surface area contributed by atoms with Crippen LogP contribution in [0.25, 0.3) is 0 Å². The molecular weight excluding hydrogens is 200 g/mol. The van der Waals surface area contributed by atoms with E-state index < -0.39 is 0 Å². The van der Waals surface area contributed by atoms with Crippen LogP contribution in [0, 0.1) is 0 Å². The van der Waals surface area contributed by atoms with Crippen molar-refractivity contribution in [2.45, 2.75) is 24.9 Å². The summed E-state index contributed by atoms with van der Waals surface area (Å²) in [5.41, 5.74) is -0.330. The molecule has 3 rings (SSSR count). The number of aromatic nitrogens is 2. The van der Waals surface area contributed by atoms with Crippen molar-refractivity contribution in [2.75, 3.05) is 6.61 Å². The lowest BCUT2D eigenvalue weighted by molar-refractivity contribution is -0.0247. The van der Waals surface area contributed by atoms with Crippen LogP contribution in [0.4, 0.5) is 0 Å². The fourth-order valence-electron chi connectivity index (χ4n) is 2.00. The third kappa shape index (κ3) is 1.25. The van der Waals surface area contributed by atoms with Gasteiger partial charge in [0.2, 0.25) is 0 Å². The second kappa shape index (κ2) is 3.04. The molecule has 0 saturated carbocycles. The van der Waals surface area contributed by atoms with Crippen molar-refractivity contribution in [3.8, 4) is 6.01 Å². The van der Waals surface area contributed by atoms with E-state index in [9.17, 15) is 4.79 Å². The fourth-order valence-corrected chi connectivity index (χ4v) is 2.00. The van der Waals surface area contributed by atoms with Crippen LogP contribution < -0.4 is 10.3 Å². The molecule has 2 aliphatic rings. The van der Waals surface area contributed by atoms with Crippen LogP contribution in [0.1, 0.15) is 12.6 Å². The van der Waals surface area contributed by atoms with Crippen LogP contribution in [0.2, 0.25) is 0 Å². The van der Waals surface area contributed by atoms with Gasteiger partial charge in [-0.2, -0.15) is 4.98 Å². The zero-order valence-corrected chi connectivity index (χ0v) is 7.87. The van der Waals surface area contributed by atoms with E-state index in [-0.39, 0.29) is 36.6 Å². The lowest BCUT2D eigenvalue weighted by atomic mass is 10.2. The molecule has 0 radical (unpaired) electrons.